The normalized spacial score (nSPS) is 13.3. The lowest BCUT2D eigenvalue weighted by Crippen LogP contribution is -2.21. The van der Waals surface area contributed by atoms with Crippen LogP contribution in [-0.2, 0) is 27.7 Å². The summed E-state index contributed by atoms with van der Waals surface area (Å²) in [5.41, 5.74) is 0. The van der Waals surface area contributed by atoms with Crippen LogP contribution in [0.1, 0.15) is 46.0 Å². The third-order valence-corrected chi connectivity index (χ3v) is 5.25. The van der Waals surface area contributed by atoms with Crippen molar-refractivity contribution in [2.24, 2.45) is 0 Å². The standard InChI is InChI=1S/C14H29O6PS/c1-5-7-8-10-19-11-13(22-14(15)9-6-2)12-20-21(16,17-3)18-4/h13H,5-12H2,1-4H3/t13-/m1/s1. The summed E-state index contributed by atoms with van der Waals surface area (Å²) in [6, 6.07) is 0. The molecule has 0 radical (unpaired) electrons. The van der Waals surface area contributed by atoms with Crippen molar-refractivity contribution in [1.29, 1.82) is 0 Å². The summed E-state index contributed by atoms with van der Waals surface area (Å²) in [5, 5.41) is -0.141. The van der Waals surface area contributed by atoms with Gasteiger partial charge in [0.2, 0.25) is 0 Å². The fraction of sp³-hybridized carbons (Fsp3) is 0.929. The van der Waals surface area contributed by atoms with Crippen LogP contribution in [0, 0.1) is 0 Å². The number of carbonyl (C=O) groups excluding carboxylic acids is 1. The summed E-state index contributed by atoms with van der Waals surface area (Å²) in [5.74, 6) is 0. The van der Waals surface area contributed by atoms with Crippen LogP contribution >= 0.6 is 19.6 Å². The second kappa shape index (κ2) is 13.5. The van der Waals surface area contributed by atoms with E-state index in [-0.39, 0.29) is 17.0 Å². The average Bonchev–Trinajstić information content (AvgIpc) is 2.52. The molecule has 6 nitrogen and oxygen atoms in total. The Kier molecular flexibility index (Phi) is 13.6. The van der Waals surface area contributed by atoms with E-state index in [1.54, 1.807) is 0 Å². The van der Waals surface area contributed by atoms with Gasteiger partial charge in [0.15, 0.2) is 5.12 Å². The van der Waals surface area contributed by atoms with Gasteiger partial charge in [0.25, 0.3) is 0 Å². The Bertz CT molecular complexity index is 331. The first kappa shape index (κ1) is 22.1. The molecule has 1 atom stereocenters. The maximum atomic E-state index is 11.9. The Morgan fingerprint density at radius 3 is 2.32 bits per heavy atom. The Balaban J connectivity index is 4.32. The van der Waals surface area contributed by atoms with Crippen molar-refractivity contribution in [3.63, 3.8) is 0 Å². The molecular formula is C14H29O6PS. The van der Waals surface area contributed by atoms with E-state index in [1.165, 1.54) is 26.0 Å². The van der Waals surface area contributed by atoms with Crippen molar-refractivity contribution in [1.82, 2.24) is 0 Å². The number of ether oxygens (including phenoxy) is 1. The molecule has 0 aromatic rings. The van der Waals surface area contributed by atoms with Crippen molar-refractivity contribution in [3.05, 3.63) is 0 Å². The van der Waals surface area contributed by atoms with Crippen LogP contribution in [0.25, 0.3) is 0 Å². The largest absolute Gasteiger partial charge is 0.474 e. The first-order chi connectivity index (χ1) is 10.5. The highest BCUT2D eigenvalue weighted by molar-refractivity contribution is 8.14. The summed E-state index contributed by atoms with van der Waals surface area (Å²) >= 11 is 1.17. The van der Waals surface area contributed by atoms with Crippen LogP contribution < -0.4 is 0 Å². The summed E-state index contributed by atoms with van der Waals surface area (Å²) in [6.45, 7) is 5.18. The zero-order valence-corrected chi connectivity index (χ0v) is 15.8. The van der Waals surface area contributed by atoms with Gasteiger partial charge in [0, 0.05) is 27.2 Å². The number of rotatable bonds is 14. The second-order valence-corrected chi connectivity index (χ2v) is 7.99. The van der Waals surface area contributed by atoms with Crippen molar-refractivity contribution in [2.75, 3.05) is 34.0 Å². The first-order valence-electron chi connectivity index (χ1n) is 7.64. The molecule has 0 aliphatic heterocycles. The van der Waals surface area contributed by atoms with E-state index in [9.17, 15) is 9.36 Å². The molecule has 0 spiro atoms. The second-order valence-electron chi connectivity index (χ2n) is 4.75. The minimum Gasteiger partial charge on any atom is -0.380 e. The van der Waals surface area contributed by atoms with E-state index < -0.39 is 7.82 Å². The summed E-state index contributed by atoms with van der Waals surface area (Å²) in [4.78, 5) is 11.8. The zero-order chi connectivity index (χ0) is 16.8. The summed E-state index contributed by atoms with van der Waals surface area (Å²) in [6.07, 6.45) is 4.54. The van der Waals surface area contributed by atoms with Crippen LogP contribution in [0.4, 0.5) is 0 Å². The Morgan fingerprint density at radius 1 is 1.09 bits per heavy atom. The van der Waals surface area contributed by atoms with Gasteiger partial charge >= 0.3 is 7.82 Å². The fourth-order valence-corrected chi connectivity index (χ4v) is 3.41. The minimum atomic E-state index is -3.52. The number of thioether (sulfide) groups is 1. The molecule has 8 heteroatoms. The Hall–Kier alpha value is 0.0900. The maximum Gasteiger partial charge on any atom is 0.474 e. The first-order valence-corrected chi connectivity index (χ1v) is 9.98. The van der Waals surface area contributed by atoms with Crippen molar-refractivity contribution in [3.8, 4) is 0 Å². The molecule has 0 aliphatic rings. The van der Waals surface area contributed by atoms with E-state index in [4.69, 9.17) is 18.3 Å². The van der Waals surface area contributed by atoms with E-state index >= 15 is 0 Å². The highest BCUT2D eigenvalue weighted by atomic mass is 32.2. The Morgan fingerprint density at radius 2 is 1.77 bits per heavy atom. The average molecular weight is 356 g/mol. The molecule has 132 valence electrons. The number of phosphoric ester groups is 1. The molecule has 0 fully saturated rings. The predicted molar refractivity (Wildman–Crippen MR) is 89.2 cm³/mol. The van der Waals surface area contributed by atoms with Crippen LogP contribution in [0.2, 0.25) is 0 Å². The molecule has 0 rings (SSSR count). The Labute approximate surface area is 138 Å². The quantitative estimate of drug-likeness (QED) is 0.343. The van der Waals surface area contributed by atoms with Crippen molar-refractivity contribution >= 4 is 24.7 Å². The lowest BCUT2D eigenvalue weighted by Gasteiger charge is -2.19. The molecule has 0 aromatic carbocycles. The molecule has 0 aliphatic carbocycles. The van der Waals surface area contributed by atoms with E-state index in [0.29, 0.717) is 19.6 Å². The smallest absolute Gasteiger partial charge is 0.380 e. The van der Waals surface area contributed by atoms with Gasteiger partial charge in [-0.3, -0.25) is 18.4 Å². The molecule has 0 unspecified atom stereocenters. The highest BCUT2D eigenvalue weighted by Crippen LogP contribution is 2.47. The molecule has 0 bridgehead atoms. The van der Waals surface area contributed by atoms with Crippen molar-refractivity contribution < 1.29 is 27.7 Å². The topological polar surface area (TPSA) is 71.1 Å². The lowest BCUT2D eigenvalue weighted by molar-refractivity contribution is -0.111. The zero-order valence-electron chi connectivity index (χ0n) is 14.0. The molecule has 0 amide bonds. The van der Waals surface area contributed by atoms with Crippen molar-refractivity contribution in [2.45, 2.75) is 51.2 Å². The number of phosphoric acid groups is 1. The van der Waals surface area contributed by atoms with Crippen LogP contribution in [-0.4, -0.2) is 44.4 Å². The van der Waals surface area contributed by atoms with Crippen LogP contribution in [0.3, 0.4) is 0 Å². The van der Waals surface area contributed by atoms with Gasteiger partial charge < -0.3 is 4.74 Å². The molecule has 0 aromatic heterocycles. The third-order valence-electron chi connectivity index (χ3n) is 2.81. The molecule has 22 heavy (non-hydrogen) atoms. The predicted octanol–water partition coefficient (Wildman–Crippen LogP) is 4.04. The van der Waals surface area contributed by atoms with Gasteiger partial charge in [-0.2, -0.15) is 0 Å². The summed E-state index contributed by atoms with van der Waals surface area (Å²) in [7, 11) is -1.00. The molecule has 0 saturated heterocycles. The molecular weight excluding hydrogens is 327 g/mol. The van der Waals surface area contributed by atoms with Gasteiger partial charge in [0.1, 0.15) is 0 Å². The van der Waals surface area contributed by atoms with E-state index in [1.807, 2.05) is 6.92 Å². The number of hydrogen-bond acceptors (Lipinski definition) is 7. The maximum absolute atomic E-state index is 11.9. The number of unbranched alkanes of at least 4 members (excludes halogenated alkanes) is 2. The minimum absolute atomic E-state index is 0.0762. The monoisotopic (exact) mass is 356 g/mol. The SMILES string of the molecule is CCCCCOC[C@H](COP(=O)(OC)OC)SC(=O)CCC. The van der Waals surface area contributed by atoms with Crippen LogP contribution in [0.15, 0.2) is 0 Å². The number of carbonyl (C=O) groups is 1. The van der Waals surface area contributed by atoms with E-state index in [2.05, 4.69) is 6.92 Å². The number of hydrogen-bond donors (Lipinski definition) is 0. The molecule has 0 saturated carbocycles. The van der Waals surface area contributed by atoms with Crippen LogP contribution in [0.5, 0.6) is 0 Å². The fourth-order valence-electron chi connectivity index (χ4n) is 1.59. The van der Waals surface area contributed by atoms with Gasteiger partial charge in [-0.25, -0.2) is 4.57 Å². The van der Waals surface area contributed by atoms with Gasteiger partial charge in [-0.15, -0.1) is 0 Å². The molecule has 0 N–H and O–H groups in total. The lowest BCUT2D eigenvalue weighted by atomic mass is 10.3. The summed E-state index contributed by atoms with van der Waals surface area (Å²) < 4.78 is 32.1. The highest BCUT2D eigenvalue weighted by Gasteiger charge is 2.26. The molecule has 0 heterocycles. The van der Waals surface area contributed by atoms with E-state index in [0.717, 1.165) is 25.7 Å². The van der Waals surface area contributed by atoms with Gasteiger partial charge in [0.05, 0.1) is 18.5 Å². The third kappa shape index (κ3) is 10.8. The van der Waals surface area contributed by atoms with Gasteiger partial charge in [-0.05, 0) is 12.8 Å². The van der Waals surface area contributed by atoms with Gasteiger partial charge in [-0.1, -0.05) is 38.5 Å².